The molecule has 0 unspecified atom stereocenters. The number of carbonyl (C=O) groups is 1. The molecule has 0 saturated carbocycles. The summed E-state index contributed by atoms with van der Waals surface area (Å²) >= 11 is 9.96. The molecule has 1 saturated heterocycles. The Kier molecular flexibility index (Phi) is 7.52. The zero-order chi connectivity index (χ0) is 20.8. The molecule has 150 valence electrons. The van der Waals surface area contributed by atoms with Crippen LogP contribution in [0.5, 0.6) is 11.5 Å². The van der Waals surface area contributed by atoms with Crippen molar-refractivity contribution in [3.8, 4) is 11.5 Å². The van der Waals surface area contributed by atoms with E-state index < -0.39 is 0 Å². The summed E-state index contributed by atoms with van der Waals surface area (Å²) in [5.41, 5.74) is 1.90. The van der Waals surface area contributed by atoms with Gasteiger partial charge in [0.05, 0.1) is 4.91 Å². The molecule has 1 amide bonds. The standard InChI is InChI=1S/C22H20BrNO3S2/c1-3-6-15-7-4-5-8-18(15)26-11-12-27-19-10-9-17(23)13-16(19)14-20-21(25)24(2)22(28)29-20/h3-5,7-10,13-14H,1,6,11-12H2,2H3/b20-14+. The van der Waals surface area contributed by atoms with E-state index in [2.05, 4.69) is 22.5 Å². The van der Waals surface area contributed by atoms with E-state index in [0.29, 0.717) is 28.2 Å². The first kappa shape index (κ1) is 21.6. The number of rotatable bonds is 8. The lowest BCUT2D eigenvalue weighted by Crippen LogP contribution is -2.22. The molecule has 0 aliphatic carbocycles. The highest BCUT2D eigenvalue weighted by Gasteiger charge is 2.29. The third-order valence-corrected chi connectivity index (χ3v) is 6.16. The normalized spacial score (nSPS) is 15.1. The van der Waals surface area contributed by atoms with E-state index in [9.17, 15) is 4.79 Å². The second-order valence-corrected chi connectivity index (χ2v) is 8.81. The summed E-state index contributed by atoms with van der Waals surface area (Å²) in [6.07, 6.45) is 4.42. The zero-order valence-corrected chi connectivity index (χ0v) is 19.1. The van der Waals surface area contributed by atoms with Gasteiger partial charge in [0.2, 0.25) is 0 Å². The van der Waals surface area contributed by atoms with E-state index in [0.717, 1.165) is 27.8 Å². The Morgan fingerprint density at radius 3 is 2.59 bits per heavy atom. The maximum Gasteiger partial charge on any atom is 0.265 e. The molecule has 29 heavy (non-hydrogen) atoms. The first-order valence-corrected chi connectivity index (χ1v) is 11.0. The average Bonchev–Trinajstić information content (AvgIpc) is 2.94. The van der Waals surface area contributed by atoms with Crippen molar-refractivity contribution < 1.29 is 14.3 Å². The van der Waals surface area contributed by atoms with Gasteiger partial charge in [0, 0.05) is 17.1 Å². The smallest absolute Gasteiger partial charge is 0.265 e. The Balaban J connectivity index is 1.67. The van der Waals surface area contributed by atoms with Gasteiger partial charge in [0.25, 0.3) is 5.91 Å². The van der Waals surface area contributed by atoms with Gasteiger partial charge < -0.3 is 9.47 Å². The fraction of sp³-hybridized carbons (Fsp3) is 0.182. The number of amides is 1. The van der Waals surface area contributed by atoms with Gasteiger partial charge >= 0.3 is 0 Å². The van der Waals surface area contributed by atoms with Gasteiger partial charge in [-0.05, 0) is 42.3 Å². The van der Waals surface area contributed by atoms with Gasteiger partial charge in [0.15, 0.2) is 0 Å². The van der Waals surface area contributed by atoms with Gasteiger partial charge in [-0.2, -0.15) is 0 Å². The summed E-state index contributed by atoms with van der Waals surface area (Å²) < 4.78 is 13.3. The minimum absolute atomic E-state index is 0.104. The highest BCUT2D eigenvalue weighted by atomic mass is 79.9. The topological polar surface area (TPSA) is 38.8 Å². The van der Waals surface area contributed by atoms with E-state index in [1.807, 2.05) is 54.6 Å². The number of para-hydroxylation sites is 1. The Labute approximate surface area is 188 Å². The van der Waals surface area contributed by atoms with Crippen LogP contribution in [-0.2, 0) is 11.2 Å². The first-order chi connectivity index (χ1) is 14.0. The molecule has 1 fully saturated rings. The third-order valence-electron chi connectivity index (χ3n) is 4.18. The van der Waals surface area contributed by atoms with Crippen molar-refractivity contribution in [1.29, 1.82) is 0 Å². The van der Waals surface area contributed by atoms with Crippen molar-refractivity contribution in [2.45, 2.75) is 6.42 Å². The number of hydrogen-bond acceptors (Lipinski definition) is 5. The quantitative estimate of drug-likeness (QED) is 0.213. The Morgan fingerprint density at radius 1 is 1.17 bits per heavy atom. The number of allylic oxidation sites excluding steroid dienone is 1. The van der Waals surface area contributed by atoms with Crippen LogP contribution in [0.3, 0.4) is 0 Å². The van der Waals surface area contributed by atoms with Crippen molar-refractivity contribution in [3.63, 3.8) is 0 Å². The first-order valence-electron chi connectivity index (χ1n) is 8.95. The lowest BCUT2D eigenvalue weighted by atomic mass is 10.1. The number of ether oxygens (including phenoxy) is 2. The molecule has 1 aliphatic heterocycles. The second-order valence-electron chi connectivity index (χ2n) is 6.22. The number of hydrogen-bond donors (Lipinski definition) is 0. The number of benzene rings is 2. The van der Waals surface area contributed by atoms with Crippen LogP contribution in [0.4, 0.5) is 0 Å². The van der Waals surface area contributed by atoms with Gasteiger partial charge in [-0.15, -0.1) is 6.58 Å². The summed E-state index contributed by atoms with van der Waals surface area (Å²) in [6.45, 7) is 4.56. The van der Waals surface area contributed by atoms with Crippen LogP contribution in [0.15, 0.2) is 64.5 Å². The monoisotopic (exact) mass is 489 g/mol. The van der Waals surface area contributed by atoms with Crippen LogP contribution in [0.25, 0.3) is 6.08 Å². The van der Waals surface area contributed by atoms with E-state index in [1.165, 1.54) is 16.7 Å². The molecule has 3 rings (SSSR count). The molecule has 0 radical (unpaired) electrons. The van der Waals surface area contributed by atoms with Crippen molar-refractivity contribution in [1.82, 2.24) is 4.90 Å². The molecule has 0 atom stereocenters. The third kappa shape index (κ3) is 5.50. The minimum Gasteiger partial charge on any atom is -0.490 e. The van der Waals surface area contributed by atoms with E-state index in [4.69, 9.17) is 21.7 Å². The summed E-state index contributed by atoms with van der Waals surface area (Å²) in [5.74, 6) is 1.41. The van der Waals surface area contributed by atoms with Crippen LogP contribution >= 0.6 is 39.9 Å². The van der Waals surface area contributed by atoms with Crippen molar-refractivity contribution in [2.75, 3.05) is 20.3 Å². The van der Waals surface area contributed by atoms with Gasteiger partial charge in [-0.1, -0.05) is 64.2 Å². The molecule has 1 heterocycles. The minimum atomic E-state index is -0.104. The number of nitrogens with zero attached hydrogens (tertiary/aromatic N) is 1. The summed E-state index contributed by atoms with van der Waals surface area (Å²) in [6, 6.07) is 13.6. The van der Waals surface area contributed by atoms with Crippen LogP contribution in [0.1, 0.15) is 11.1 Å². The SMILES string of the molecule is C=CCc1ccccc1OCCOc1ccc(Br)cc1/C=C1/SC(=S)N(C)C1=O. The Hall–Kier alpha value is -2.09. The molecule has 4 nitrogen and oxygen atoms in total. The van der Waals surface area contributed by atoms with Crippen LogP contribution in [0.2, 0.25) is 0 Å². The van der Waals surface area contributed by atoms with E-state index in [1.54, 1.807) is 7.05 Å². The Morgan fingerprint density at radius 2 is 1.90 bits per heavy atom. The van der Waals surface area contributed by atoms with Crippen LogP contribution in [0, 0.1) is 0 Å². The molecule has 0 aromatic heterocycles. The largest absolute Gasteiger partial charge is 0.490 e. The molecule has 0 bridgehead atoms. The van der Waals surface area contributed by atoms with Crippen molar-refractivity contribution >= 4 is 56.2 Å². The molecular weight excluding hydrogens is 470 g/mol. The maximum absolute atomic E-state index is 12.3. The number of thioether (sulfide) groups is 1. The fourth-order valence-electron chi connectivity index (χ4n) is 2.72. The van der Waals surface area contributed by atoms with Gasteiger partial charge in [0.1, 0.15) is 29.0 Å². The van der Waals surface area contributed by atoms with Gasteiger partial charge in [-0.3, -0.25) is 9.69 Å². The van der Waals surface area contributed by atoms with E-state index >= 15 is 0 Å². The average molecular weight is 490 g/mol. The van der Waals surface area contributed by atoms with Crippen LogP contribution < -0.4 is 9.47 Å². The second kappa shape index (κ2) is 10.1. The molecule has 0 spiro atoms. The molecular formula is C22H20BrNO3S2. The van der Waals surface area contributed by atoms with Crippen molar-refractivity contribution in [3.05, 3.63) is 75.6 Å². The Bertz CT molecular complexity index is 974. The van der Waals surface area contributed by atoms with Gasteiger partial charge in [-0.25, -0.2) is 0 Å². The highest BCUT2D eigenvalue weighted by Crippen LogP contribution is 2.34. The number of likely N-dealkylation sites (N-methyl/N-ethyl adjacent to an activating group) is 1. The predicted octanol–water partition coefficient (Wildman–Crippen LogP) is 5.47. The molecule has 2 aromatic carbocycles. The number of thiocarbonyl (C=S) groups is 1. The summed E-state index contributed by atoms with van der Waals surface area (Å²) in [5, 5.41) is 0. The lowest BCUT2D eigenvalue weighted by molar-refractivity contribution is -0.121. The zero-order valence-electron chi connectivity index (χ0n) is 15.9. The van der Waals surface area contributed by atoms with E-state index in [-0.39, 0.29) is 5.91 Å². The lowest BCUT2D eigenvalue weighted by Gasteiger charge is -2.13. The summed E-state index contributed by atoms with van der Waals surface area (Å²) in [4.78, 5) is 14.3. The highest BCUT2D eigenvalue weighted by molar-refractivity contribution is 9.10. The number of halogens is 1. The van der Waals surface area contributed by atoms with Crippen LogP contribution in [-0.4, -0.2) is 35.4 Å². The molecule has 0 N–H and O–H groups in total. The predicted molar refractivity (Wildman–Crippen MR) is 126 cm³/mol. The number of carbonyl (C=O) groups excluding carboxylic acids is 1. The molecule has 1 aliphatic rings. The fourth-order valence-corrected chi connectivity index (χ4v) is 4.27. The molecule has 2 aromatic rings. The van der Waals surface area contributed by atoms with Crippen molar-refractivity contribution in [2.24, 2.45) is 0 Å². The molecule has 7 heteroatoms. The summed E-state index contributed by atoms with van der Waals surface area (Å²) in [7, 11) is 1.68. The maximum atomic E-state index is 12.3.